The molecule has 6 rings (SSSR count). The van der Waals surface area contributed by atoms with Crippen molar-refractivity contribution in [3.8, 4) is 5.75 Å². The molecule has 0 fully saturated rings. The molecule has 0 saturated heterocycles. The third-order valence-electron chi connectivity index (χ3n) is 9.70. The van der Waals surface area contributed by atoms with Gasteiger partial charge in [0.1, 0.15) is 5.75 Å². The van der Waals surface area contributed by atoms with Gasteiger partial charge in [0.25, 0.3) is 0 Å². The Balaban J connectivity index is 1.31. The van der Waals surface area contributed by atoms with E-state index in [9.17, 15) is 9.90 Å². The third kappa shape index (κ3) is 6.55. The summed E-state index contributed by atoms with van der Waals surface area (Å²) in [5, 5.41) is 14.0. The number of fused-ring (bicyclic) bond motifs is 1. The normalized spacial score (nSPS) is 17.6. The number of benzene rings is 5. The number of hydrogen-bond donors (Lipinski definition) is 1. The van der Waals surface area contributed by atoms with E-state index >= 15 is 0 Å². The lowest BCUT2D eigenvalue weighted by molar-refractivity contribution is 0.00637. The highest BCUT2D eigenvalue weighted by Gasteiger charge is 2.52. The molecule has 0 saturated carbocycles. The predicted molar refractivity (Wildman–Crippen MR) is 197 cm³/mol. The Hall–Kier alpha value is -4.65. The van der Waals surface area contributed by atoms with Crippen LogP contribution in [0.5, 0.6) is 5.75 Å². The second-order valence-electron chi connectivity index (χ2n) is 13.9. The van der Waals surface area contributed by atoms with Gasteiger partial charge in [0, 0.05) is 5.92 Å². The molecule has 0 bridgehead atoms. The molecule has 246 valence electrons. The second-order valence-corrected chi connectivity index (χ2v) is 18.1. The number of para-hydroxylation sites is 2. The standard InChI is InChI=1S/C42H45NO4Si/c1-41(2,3)48(34-22-13-7-14-23-34,35-24-15-8-16-25-35)47-39-27-17-26-36-37(39)28-30-42(4,45)38(36)29-31-46-40(44)43(32-18-9-5-10-19-32)33-20-11-6-12-21-33/h5-27,38,45H,28-31H2,1-4H3. The first-order valence-corrected chi connectivity index (χ1v) is 18.7. The van der Waals surface area contributed by atoms with Crippen LogP contribution in [0.2, 0.25) is 5.04 Å². The molecule has 1 amide bonds. The molecule has 0 heterocycles. The van der Waals surface area contributed by atoms with E-state index in [1.54, 1.807) is 4.90 Å². The number of rotatable bonds is 9. The van der Waals surface area contributed by atoms with Crippen LogP contribution in [0.3, 0.4) is 0 Å². The van der Waals surface area contributed by atoms with Gasteiger partial charge in [0.15, 0.2) is 0 Å². The Kier molecular flexibility index (Phi) is 9.58. The van der Waals surface area contributed by atoms with Crippen molar-refractivity contribution in [2.24, 2.45) is 0 Å². The fraction of sp³-hybridized carbons (Fsp3) is 0.262. The van der Waals surface area contributed by atoms with Gasteiger partial charge in [-0.2, -0.15) is 0 Å². The number of nitrogens with zero attached hydrogens (tertiary/aromatic N) is 1. The molecule has 6 heteroatoms. The predicted octanol–water partition coefficient (Wildman–Crippen LogP) is 8.77. The fourth-order valence-corrected chi connectivity index (χ4v) is 11.7. The van der Waals surface area contributed by atoms with E-state index in [1.165, 1.54) is 10.4 Å². The van der Waals surface area contributed by atoms with E-state index in [4.69, 9.17) is 9.16 Å². The average molecular weight is 656 g/mol. The molecule has 0 spiro atoms. The van der Waals surface area contributed by atoms with E-state index in [0.29, 0.717) is 19.3 Å². The highest BCUT2D eigenvalue weighted by Crippen LogP contribution is 2.46. The third-order valence-corrected chi connectivity index (χ3v) is 14.6. The summed E-state index contributed by atoms with van der Waals surface area (Å²) in [5.74, 6) is 0.636. The van der Waals surface area contributed by atoms with Gasteiger partial charge in [-0.05, 0) is 83.1 Å². The highest BCUT2D eigenvalue weighted by molar-refractivity contribution is 7.00. The number of anilines is 2. The van der Waals surface area contributed by atoms with Gasteiger partial charge in [-0.1, -0.05) is 130 Å². The Labute approximate surface area is 285 Å². The number of carbonyl (C=O) groups is 1. The zero-order valence-electron chi connectivity index (χ0n) is 28.3. The lowest BCUT2D eigenvalue weighted by Gasteiger charge is -2.45. The summed E-state index contributed by atoms with van der Waals surface area (Å²) in [6, 6.07) is 46.6. The minimum absolute atomic E-state index is 0.162. The molecule has 1 aliphatic rings. The first-order chi connectivity index (χ1) is 23.1. The Morgan fingerprint density at radius 2 is 1.27 bits per heavy atom. The molecule has 0 aliphatic heterocycles. The van der Waals surface area contributed by atoms with Gasteiger partial charge in [-0.15, -0.1) is 0 Å². The molecule has 5 aromatic carbocycles. The maximum absolute atomic E-state index is 13.6. The largest absolute Gasteiger partial charge is 0.534 e. The summed E-state index contributed by atoms with van der Waals surface area (Å²) in [6.45, 7) is 8.91. The number of ether oxygens (including phenoxy) is 1. The second kappa shape index (κ2) is 13.8. The molecule has 0 radical (unpaired) electrons. The number of carbonyl (C=O) groups excluding carboxylic acids is 1. The Bertz CT molecular complexity index is 1730. The smallest absolute Gasteiger partial charge is 0.418 e. The van der Waals surface area contributed by atoms with Crippen molar-refractivity contribution in [3.05, 3.63) is 151 Å². The lowest BCUT2D eigenvalue weighted by atomic mass is 9.71. The molecule has 0 aromatic heterocycles. The monoisotopic (exact) mass is 655 g/mol. The van der Waals surface area contributed by atoms with Crippen molar-refractivity contribution >= 4 is 36.2 Å². The van der Waals surface area contributed by atoms with Gasteiger partial charge >= 0.3 is 14.4 Å². The topological polar surface area (TPSA) is 59.0 Å². The van der Waals surface area contributed by atoms with Gasteiger partial charge < -0.3 is 14.3 Å². The summed E-state index contributed by atoms with van der Waals surface area (Å²) >= 11 is 0. The molecule has 2 unspecified atom stereocenters. The lowest BCUT2D eigenvalue weighted by Crippen LogP contribution is -2.69. The molecule has 2 atom stereocenters. The van der Waals surface area contributed by atoms with Crippen LogP contribution < -0.4 is 19.7 Å². The van der Waals surface area contributed by atoms with Gasteiger partial charge in [-0.25, -0.2) is 9.69 Å². The zero-order chi connectivity index (χ0) is 33.8. The van der Waals surface area contributed by atoms with E-state index in [1.807, 2.05) is 73.7 Å². The maximum atomic E-state index is 13.6. The molecular weight excluding hydrogens is 611 g/mol. The van der Waals surface area contributed by atoms with Crippen LogP contribution in [0, 0.1) is 0 Å². The minimum atomic E-state index is -2.86. The summed E-state index contributed by atoms with van der Waals surface area (Å²) < 4.78 is 13.4. The summed E-state index contributed by atoms with van der Waals surface area (Å²) in [4.78, 5) is 15.2. The summed E-state index contributed by atoms with van der Waals surface area (Å²) in [6.07, 6.45) is 1.31. The van der Waals surface area contributed by atoms with E-state index < -0.39 is 20.0 Å². The molecule has 5 nitrogen and oxygen atoms in total. The van der Waals surface area contributed by atoms with Crippen molar-refractivity contribution in [2.75, 3.05) is 11.5 Å². The van der Waals surface area contributed by atoms with Crippen molar-refractivity contribution < 1.29 is 19.1 Å². The van der Waals surface area contributed by atoms with Crippen LogP contribution in [-0.2, 0) is 11.2 Å². The summed E-state index contributed by atoms with van der Waals surface area (Å²) in [5.41, 5.74) is 2.68. The van der Waals surface area contributed by atoms with Crippen LogP contribution >= 0.6 is 0 Å². The quantitative estimate of drug-likeness (QED) is 0.161. The first kappa shape index (κ1) is 33.3. The molecule has 5 aromatic rings. The van der Waals surface area contributed by atoms with Crippen molar-refractivity contribution in [3.63, 3.8) is 0 Å². The van der Waals surface area contributed by atoms with E-state index in [2.05, 4.69) is 93.6 Å². The highest BCUT2D eigenvalue weighted by atomic mass is 28.4. The van der Waals surface area contributed by atoms with Gasteiger partial charge in [0.2, 0.25) is 0 Å². The van der Waals surface area contributed by atoms with Crippen molar-refractivity contribution in [1.82, 2.24) is 0 Å². The van der Waals surface area contributed by atoms with Gasteiger partial charge in [-0.3, -0.25) is 0 Å². The number of aliphatic hydroxyl groups is 1. The zero-order valence-corrected chi connectivity index (χ0v) is 29.3. The van der Waals surface area contributed by atoms with Crippen LogP contribution in [-0.4, -0.2) is 31.7 Å². The first-order valence-electron chi connectivity index (χ1n) is 16.8. The Morgan fingerprint density at radius 1 is 0.771 bits per heavy atom. The van der Waals surface area contributed by atoms with Crippen LogP contribution in [0.4, 0.5) is 16.2 Å². The van der Waals surface area contributed by atoms with Gasteiger partial charge in [0.05, 0.1) is 23.6 Å². The minimum Gasteiger partial charge on any atom is -0.534 e. The number of amides is 1. The SMILES string of the molecule is CC1(O)CCc2c(O[Si](c3ccccc3)(c3ccccc3)C(C)(C)C)cccc2C1CCOC(=O)N(c1ccccc1)c1ccccc1. The molecular formula is C42H45NO4Si. The van der Waals surface area contributed by atoms with Crippen LogP contribution in [0.25, 0.3) is 0 Å². The number of hydrogen-bond acceptors (Lipinski definition) is 4. The van der Waals surface area contributed by atoms with Crippen LogP contribution in [0.15, 0.2) is 140 Å². The van der Waals surface area contributed by atoms with Crippen molar-refractivity contribution in [2.45, 2.75) is 63.5 Å². The summed E-state index contributed by atoms with van der Waals surface area (Å²) in [7, 11) is -2.86. The Morgan fingerprint density at radius 3 is 1.77 bits per heavy atom. The molecule has 1 N–H and O–H groups in total. The average Bonchev–Trinajstić information content (AvgIpc) is 3.09. The maximum Gasteiger partial charge on any atom is 0.418 e. The molecule has 1 aliphatic carbocycles. The fourth-order valence-electron chi connectivity index (χ4n) is 7.28. The van der Waals surface area contributed by atoms with Crippen molar-refractivity contribution in [1.29, 1.82) is 0 Å². The van der Waals surface area contributed by atoms with E-state index in [-0.39, 0.29) is 17.6 Å². The van der Waals surface area contributed by atoms with Crippen LogP contribution in [0.1, 0.15) is 57.6 Å². The molecule has 48 heavy (non-hydrogen) atoms. The van der Waals surface area contributed by atoms with E-state index in [0.717, 1.165) is 28.3 Å².